The van der Waals surface area contributed by atoms with Crippen molar-refractivity contribution in [3.8, 4) is 5.75 Å². The highest BCUT2D eigenvalue weighted by atomic mass is 127. The molecule has 0 N–H and O–H groups in total. The quantitative estimate of drug-likeness (QED) is 0.550. The molecule has 0 aliphatic rings. The van der Waals surface area contributed by atoms with E-state index in [0.717, 1.165) is 20.3 Å². The van der Waals surface area contributed by atoms with Crippen LogP contribution in [0.1, 0.15) is 21.5 Å². The summed E-state index contributed by atoms with van der Waals surface area (Å²) in [6, 6.07) is 11.1. The molecule has 0 aliphatic heterocycles. The first-order chi connectivity index (χ1) is 9.52. The van der Waals surface area contributed by atoms with Crippen LogP contribution in [0.25, 0.3) is 0 Å². The van der Waals surface area contributed by atoms with Gasteiger partial charge in [0.25, 0.3) is 0 Å². The van der Waals surface area contributed by atoms with Crippen LogP contribution < -0.4 is 4.74 Å². The Labute approximate surface area is 137 Å². The van der Waals surface area contributed by atoms with Crippen molar-refractivity contribution in [1.82, 2.24) is 0 Å². The van der Waals surface area contributed by atoms with Gasteiger partial charge in [-0.15, -0.1) is 0 Å². The largest absolute Gasteiger partial charge is 0.496 e. The van der Waals surface area contributed by atoms with Crippen LogP contribution in [0.5, 0.6) is 5.75 Å². The summed E-state index contributed by atoms with van der Waals surface area (Å²) in [4.78, 5) is 12.5. The number of halogens is 2. The lowest BCUT2D eigenvalue weighted by Gasteiger charge is -2.10. The van der Waals surface area contributed by atoms with Gasteiger partial charge >= 0.3 is 0 Å². The van der Waals surface area contributed by atoms with Gasteiger partial charge in [-0.3, -0.25) is 4.79 Å². The zero-order valence-electron chi connectivity index (χ0n) is 11.2. The number of hydrogen-bond donors (Lipinski definition) is 0. The van der Waals surface area contributed by atoms with Crippen molar-refractivity contribution in [2.75, 3.05) is 7.11 Å². The van der Waals surface area contributed by atoms with E-state index in [4.69, 9.17) is 16.3 Å². The van der Waals surface area contributed by atoms with E-state index < -0.39 is 0 Å². The molecule has 0 fully saturated rings. The minimum Gasteiger partial charge on any atom is -0.496 e. The normalized spacial score (nSPS) is 10.4. The Hall–Kier alpha value is -1.07. The highest BCUT2D eigenvalue weighted by Gasteiger charge is 2.14. The first kappa shape index (κ1) is 15.3. The molecule has 0 amide bonds. The third kappa shape index (κ3) is 3.33. The van der Waals surface area contributed by atoms with Crippen molar-refractivity contribution in [2.24, 2.45) is 0 Å². The first-order valence-corrected chi connectivity index (χ1v) is 7.59. The number of carbonyl (C=O) groups excluding carboxylic acids is 1. The lowest BCUT2D eigenvalue weighted by atomic mass is 10.0. The van der Waals surface area contributed by atoms with E-state index in [1.165, 1.54) is 0 Å². The van der Waals surface area contributed by atoms with Gasteiger partial charge in [0.1, 0.15) is 5.75 Å². The summed E-state index contributed by atoms with van der Waals surface area (Å²) in [7, 11) is 1.59. The number of ether oxygens (including phenoxy) is 1. The van der Waals surface area contributed by atoms with Crippen LogP contribution in [0.4, 0.5) is 0 Å². The van der Waals surface area contributed by atoms with Crippen LogP contribution in [-0.4, -0.2) is 12.9 Å². The molecule has 4 heteroatoms. The molecular weight excluding hydrogens is 387 g/mol. The minimum atomic E-state index is 0.0682. The topological polar surface area (TPSA) is 26.3 Å². The molecule has 2 nitrogen and oxygen atoms in total. The number of ketones is 1. The molecule has 0 heterocycles. The Morgan fingerprint density at radius 2 is 2.05 bits per heavy atom. The molecule has 2 aromatic rings. The van der Waals surface area contributed by atoms with Gasteiger partial charge in [0.05, 0.1) is 7.11 Å². The standard InChI is InChI=1S/C16H14ClIO2/c1-10-4-3-5-13(16(10)18)14(19)9-11-8-12(17)6-7-15(11)20-2/h3-8H,9H2,1-2H3. The summed E-state index contributed by atoms with van der Waals surface area (Å²) >= 11 is 8.20. The number of carbonyl (C=O) groups is 1. The minimum absolute atomic E-state index is 0.0682. The second-order valence-corrected chi connectivity index (χ2v) is 6.01. The lowest BCUT2D eigenvalue weighted by Crippen LogP contribution is -2.07. The highest BCUT2D eigenvalue weighted by molar-refractivity contribution is 14.1. The van der Waals surface area contributed by atoms with Crippen LogP contribution in [0.3, 0.4) is 0 Å². The second-order valence-electron chi connectivity index (χ2n) is 4.49. The van der Waals surface area contributed by atoms with E-state index in [2.05, 4.69) is 22.6 Å². The molecule has 2 rings (SSSR count). The van der Waals surface area contributed by atoms with Crippen molar-refractivity contribution < 1.29 is 9.53 Å². The predicted octanol–water partition coefficient (Wildman–Crippen LogP) is 4.69. The number of benzene rings is 2. The zero-order valence-corrected chi connectivity index (χ0v) is 14.2. The molecule has 0 saturated heterocycles. The Kier molecular flexibility index (Phi) is 5.05. The monoisotopic (exact) mass is 400 g/mol. The molecular formula is C16H14ClIO2. The summed E-state index contributed by atoms with van der Waals surface area (Å²) < 4.78 is 6.27. The lowest BCUT2D eigenvalue weighted by molar-refractivity contribution is 0.0991. The molecule has 104 valence electrons. The van der Waals surface area contributed by atoms with Crippen molar-refractivity contribution in [3.05, 3.63) is 61.7 Å². The maximum Gasteiger partial charge on any atom is 0.168 e. The van der Waals surface area contributed by atoms with Crippen LogP contribution in [0, 0.1) is 10.5 Å². The Morgan fingerprint density at radius 3 is 2.75 bits per heavy atom. The van der Waals surface area contributed by atoms with Crippen molar-refractivity contribution in [2.45, 2.75) is 13.3 Å². The molecule has 0 atom stereocenters. The Balaban J connectivity index is 2.32. The Morgan fingerprint density at radius 1 is 1.30 bits per heavy atom. The first-order valence-electron chi connectivity index (χ1n) is 6.13. The fourth-order valence-corrected chi connectivity index (χ4v) is 2.87. The molecule has 0 aromatic heterocycles. The van der Waals surface area contributed by atoms with Crippen molar-refractivity contribution >= 4 is 40.0 Å². The van der Waals surface area contributed by atoms with Gasteiger partial charge in [-0.05, 0) is 53.3 Å². The van der Waals surface area contributed by atoms with E-state index in [1.807, 2.05) is 25.1 Å². The van der Waals surface area contributed by atoms with Gasteiger partial charge in [-0.1, -0.05) is 29.8 Å². The number of rotatable bonds is 4. The third-order valence-electron chi connectivity index (χ3n) is 3.09. The maximum absolute atomic E-state index is 12.5. The second kappa shape index (κ2) is 6.59. The molecule has 20 heavy (non-hydrogen) atoms. The highest BCUT2D eigenvalue weighted by Crippen LogP contribution is 2.25. The average Bonchev–Trinajstić information content (AvgIpc) is 2.42. The van der Waals surface area contributed by atoms with Crippen LogP contribution in [-0.2, 0) is 6.42 Å². The summed E-state index contributed by atoms with van der Waals surface area (Å²) in [6.45, 7) is 2.00. The average molecular weight is 401 g/mol. The predicted molar refractivity (Wildman–Crippen MR) is 89.9 cm³/mol. The molecule has 0 unspecified atom stereocenters. The maximum atomic E-state index is 12.5. The number of aryl methyl sites for hydroxylation is 1. The summed E-state index contributed by atoms with van der Waals surface area (Å²) in [5.74, 6) is 0.754. The number of hydrogen-bond acceptors (Lipinski definition) is 2. The van der Waals surface area contributed by atoms with E-state index in [0.29, 0.717) is 10.8 Å². The SMILES string of the molecule is COc1ccc(Cl)cc1CC(=O)c1cccc(C)c1I. The van der Waals surface area contributed by atoms with Gasteiger partial charge in [0, 0.05) is 26.1 Å². The molecule has 0 radical (unpaired) electrons. The summed E-state index contributed by atoms with van der Waals surface area (Å²) in [5.41, 5.74) is 2.66. The fraction of sp³-hybridized carbons (Fsp3) is 0.188. The molecule has 0 aliphatic carbocycles. The molecule has 0 spiro atoms. The summed E-state index contributed by atoms with van der Waals surface area (Å²) in [6.07, 6.45) is 0.281. The van der Waals surface area contributed by atoms with E-state index in [1.54, 1.807) is 25.3 Å². The van der Waals surface area contributed by atoms with E-state index >= 15 is 0 Å². The van der Waals surface area contributed by atoms with Crippen LogP contribution in [0.2, 0.25) is 5.02 Å². The molecule has 0 saturated carbocycles. The molecule has 0 bridgehead atoms. The van der Waals surface area contributed by atoms with Crippen LogP contribution >= 0.6 is 34.2 Å². The summed E-state index contributed by atoms with van der Waals surface area (Å²) in [5, 5.41) is 0.604. The van der Waals surface area contributed by atoms with Crippen molar-refractivity contribution in [3.63, 3.8) is 0 Å². The number of methoxy groups -OCH3 is 1. The van der Waals surface area contributed by atoms with Crippen LogP contribution in [0.15, 0.2) is 36.4 Å². The Bertz CT molecular complexity index is 653. The van der Waals surface area contributed by atoms with Crippen molar-refractivity contribution in [1.29, 1.82) is 0 Å². The smallest absolute Gasteiger partial charge is 0.168 e. The van der Waals surface area contributed by atoms with Gasteiger partial charge in [0.15, 0.2) is 5.78 Å². The zero-order chi connectivity index (χ0) is 14.7. The van der Waals surface area contributed by atoms with E-state index in [-0.39, 0.29) is 12.2 Å². The van der Waals surface area contributed by atoms with Gasteiger partial charge in [-0.2, -0.15) is 0 Å². The molecule has 2 aromatic carbocycles. The van der Waals surface area contributed by atoms with Gasteiger partial charge < -0.3 is 4.74 Å². The number of Topliss-reactive ketones (excluding diaryl/α,β-unsaturated/α-hetero) is 1. The van der Waals surface area contributed by atoms with E-state index in [9.17, 15) is 4.79 Å². The van der Waals surface area contributed by atoms with Gasteiger partial charge in [-0.25, -0.2) is 0 Å². The van der Waals surface area contributed by atoms with Gasteiger partial charge in [0.2, 0.25) is 0 Å². The third-order valence-corrected chi connectivity index (χ3v) is 4.75. The fourth-order valence-electron chi connectivity index (χ4n) is 2.02.